The molecule has 1 aromatic carbocycles. The number of nitrogens with one attached hydrogen (secondary N) is 2. The second-order valence-electron chi connectivity index (χ2n) is 6.01. The summed E-state index contributed by atoms with van der Waals surface area (Å²) in [4.78, 5) is 8.91. The Bertz CT molecular complexity index is 783. The molecular weight excluding hydrogens is 331 g/mol. The molecule has 0 unspecified atom stereocenters. The maximum absolute atomic E-state index is 13.4. The lowest BCUT2D eigenvalue weighted by Crippen LogP contribution is -2.42. The monoisotopic (exact) mass is 354 g/mol. The van der Waals surface area contributed by atoms with E-state index in [1.54, 1.807) is 18.3 Å². The van der Waals surface area contributed by atoms with E-state index in [-0.39, 0.29) is 5.82 Å². The van der Waals surface area contributed by atoms with Crippen LogP contribution in [0.3, 0.4) is 0 Å². The first-order valence-corrected chi connectivity index (χ1v) is 8.81. The number of hydrogen-bond acceptors (Lipinski definition) is 3. The van der Waals surface area contributed by atoms with E-state index in [0.717, 1.165) is 30.9 Å². The molecule has 2 N–H and O–H groups in total. The number of nitrogens with zero attached hydrogens (tertiary/aromatic N) is 2. The Labute approximate surface area is 153 Å². The van der Waals surface area contributed by atoms with Crippen molar-refractivity contribution in [2.24, 2.45) is 4.99 Å². The summed E-state index contributed by atoms with van der Waals surface area (Å²) in [6, 6.07) is 10.1. The molecule has 0 fully saturated rings. The number of hydrogen-bond donors (Lipinski definition) is 2. The third-order valence-corrected chi connectivity index (χ3v) is 3.96. The van der Waals surface area contributed by atoms with E-state index >= 15 is 0 Å². The van der Waals surface area contributed by atoms with Gasteiger partial charge >= 0.3 is 0 Å². The maximum atomic E-state index is 13.4. The Balaban J connectivity index is 1.71. The van der Waals surface area contributed by atoms with Crippen LogP contribution >= 0.6 is 0 Å². The highest BCUT2D eigenvalue weighted by Gasteiger charge is 2.12. The van der Waals surface area contributed by atoms with Gasteiger partial charge in [0.15, 0.2) is 5.96 Å². The number of benzene rings is 1. The third-order valence-electron chi connectivity index (χ3n) is 3.96. The minimum Gasteiger partial charge on any atom is -0.439 e. The van der Waals surface area contributed by atoms with E-state index in [1.807, 2.05) is 19.1 Å². The Hall–Kier alpha value is -2.89. The van der Waals surface area contributed by atoms with Crippen molar-refractivity contribution in [3.63, 3.8) is 0 Å². The summed E-state index contributed by atoms with van der Waals surface area (Å²) in [5, 5.41) is 6.69. The van der Waals surface area contributed by atoms with Crippen molar-refractivity contribution in [3.8, 4) is 11.6 Å². The van der Waals surface area contributed by atoms with Crippen LogP contribution in [0.5, 0.6) is 11.6 Å². The number of halogens is 1. The van der Waals surface area contributed by atoms with Gasteiger partial charge in [0.05, 0.1) is 6.54 Å². The molecule has 136 valence electrons. The highest BCUT2D eigenvalue weighted by atomic mass is 19.1. The summed E-state index contributed by atoms with van der Waals surface area (Å²) in [6.07, 6.45) is 8.01. The van der Waals surface area contributed by atoms with Gasteiger partial charge in [0.2, 0.25) is 5.88 Å². The lowest BCUT2D eigenvalue weighted by Gasteiger charge is -2.17. The molecule has 0 amide bonds. The van der Waals surface area contributed by atoms with E-state index in [0.29, 0.717) is 24.2 Å². The van der Waals surface area contributed by atoms with Gasteiger partial charge in [-0.15, -0.1) is 0 Å². The lowest BCUT2D eigenvalue weighted by atomic mass is 10.2. The van der Waals surface area contributed by atoms with Crippen LogP contribution in [0.2, 0.25) is 0 Å². The SMILES string of the molecule is CCNC(=NCc1cccnc1Oc1cccc(F)c1)NC1CC=CC1. The molecule has 5 nitrogen and oxygen atoms in total. The number of pyridine rings is 1. The maximum Gasteiger partial charge on any atom is 0.224 e. The minimum atomic E-state index is -0.346. The predicted molar refractivity (Wildman–Crippen MR) is 101 cm³/mol. The fourth-order valence-corrected chi connectivity index (χ4v) is 2.69. The molecule has 1 heterocycles. The van der Waals surface area contributed by atoms with Crippen LogP contribution < -0.4 is 15.4 Å². The summed E-state index contributed by atoms with van der Waals surface area (Å²) in [5.41, 5.74) is 0.832. The van der Waals surface area contributed by atoms with Crippen molar-refractivity contribution < 1.29 is 9.13 Å². The van der Waals surface area contributed by atoms with Gasteiger partial charge in [-0.2, -0.15) is 0 Å². The van der Waals surface area contributed by atoms with Crippen molar-refractivity contribution in [3.05, 3.63) is 66.1 Å². The van der Waals surface area contributed by atoms with Crippen LogP contribution in [0.1, 0.15) is 25.3 Å². The average molecular weight is 354 g/mol. The second kappa shape index (κ2) is 8.99. The van der Waals surface area contributed by atoms with E-state index in [4.69, 9.17) is 4.74 Å². The molecule has 1 aliphatic carbocycles. The van der Waals surface area contributed by atoms with Gasteiger partial charge in [0, 0.05) is 30.4 Å². The number of aliphatic imine (C=N–C) groups is 1. The largest absolute Gasteiger partial charge is 0.439 e. The molecule has 0 spiro atoms. The number of ether oxygens (including phenoxy) is 1. The zero-order valence-electron chi connectivity index (χ0n) is 14.8. The second-order valence-corrected chi connectivity index (χ2v) is 6.01. The lowest BCUT2D eigenvalue weighted by molar-refractivity contribution is 0.452. The quantitative estimate of drug-likeness (QED) is 0.471. The molecule has 0 radical (unpaired) electrons. The van der Waals surface area contributed by atoms with Gasteiger partial charge in [-0.25, -0.2) is 14.4 Å². The first-order valence-electron chi connectivity index (χ1n) is 8.81. The Morgan fingerprint density at radius 2 is 2.12 bits per heavy atom. The van der Waals surface area contributed by atoms with Crippen molar-refractivity contribution in [1.82, 2.24) is 15.6 Å². The van der Waals surface area contributed by atoms with Gasteiger partial charge in [0.1, 0.15) is 11.6 Å². The first-order chi connectivity index (χ1) is 12.7. The molecule has 0 aliphatic heterocycles. The number of aromatic nitrogens is 1. The van der Waals surface area contributed by atoms with Crippen LogP contribution in [0.15, 0.2) is 59.7 Å². The van der Waals surface area contributed by atoms with Gasteiger partial charge in [-0.05, 0) is 38.0 Å². The van der Waals surface area contributed by atoms with Crippen LogP contribution in [0.25, 0.3) is 0 Å². The van der Waals surface area contributed by atoms with Crippen molar-refractivity contribution in [1.29, 1.82) is 0 Å². The molecule has 3 rings (SSSR count). The van der Waals surface area contributed by atoms with E-state index in [2.05, 4.69) is 32.8 Å². The fourth-order valence-electron chi connectivity index (χ4n) is 2.69. The minimum absolute atomic E-state index is 0.346. The summed E-state index contributed by atoms with van der Waals surface area (Å²) in [6.45, 7) is 3.23. The van der Waals surface area contributed by atoms with Gasteiger partial charge in [0.25, 0.3) is 0 Å². The molecule has 0 atom stereocenters. The average Bonchev–Trinajstić information content (AvgIpc) is 3.14. The molecule has 0 saturated carbocycles. The summed E-state index contributed by atoms with van der Waals surface area (Å²) in [7, 11) is 0. The molecule has 0 saturated heterocycles. The van der Waals surface area contributed by atoms with E-state index < -0.39 is 0 Å². The fraction of sp³-hybridized carbons (Fsp3) is 0.300. The molecule has 26 heavy (non-hydrogen) atoms. The Morgan fingerprint density at radius 1 is 1.27 bits per heavy atom. The van der Waals surface area contributed by atoms with Crippen molar-refractivity contribution >= 4 is 5.96 Å². The zero-order valence-corrected chi connectivity index (χ0v) is 14.8. The molecule has 2 aromatic rings. The molecular formula is C20H23FN4O. The molecule has 6 heteroatoms. The van der Waals surface area contributed by atoms with E-state index in [9.17, 15) is 4.39 Å². The smallest absolute Gasteiger partial charge is 0.224 e. The molecule has 1 aromatic heterocycles. The summed E-state index contributed by atoms with van der Waals surface area (Å²) < 4.78 is 19.1. The Morgan fingerprint density at radius 3 is 2.88 bits per heavy atom. The summed E-state index contributed by atoms with van der Waals surface area (Å²) >= 11 is 0. The van der Waals surface area contributed by atoms with Crippen LogP contribution in [-0.2, 0) is 6.54 Å². The summed E-state index contributed by atoms with van der Waals surface area (Å²) in [5.74, 6) is 1.26. The third kappa shape index (κ3) is 5.05. The predicted octanol–water partition coefficient (Wildman–Crippen LogP) is 3.79. The normalized spacial score (nSPS) is 14.5. The van der Waals surface area contributed by atoms with Crippen molar-refractivity contribution in [2.45, 2.75) is 32.4 Å². The van der Waals surface area contributed by atoms with Crippen LogP contribution in [0, 0.1) is 5.82 Å². The molecule has 0 bridgehead atoms. The molecule has 1 aliphatic rings. The Kier molecular flexibility index (Phi) is 6.19. The topological polar surface area (TPSA) is 58.5 Å². The van der Waals surface area contributed by atoms with Gasteiger partial charge in [-0.1, -0.05) is 24.3 Å². The van der Waals surface area contributed by atoms with Crippen molar-refractivity contribution in [2.75, 3.05) is 6.54 Å². The highest BCUT2D eigenvalue weighted by Crippen LogP contribution is 2.24. The number of rotatable bonds is 6. The first kappa shape index (κ1) is 17.9. The standard InChI is InChI=1S/C20H23FN4O/c1-2-22-20(25-17-9-3-4-10-17)24-14-15-7-6-12-23-19(15)26-18-11-5-8-16(21)13-18/h3-8,11-13,17H,2,9-10,14H2,1H3,(H2,22,24,25). The van der Waals surface area contributed by atoms with E-state index in [1.165, 1.54) is 12.1 Å². The zero-order chi connectivity index (χ0) is 18.2. The highest BCUT2D eigenvalue weighted by molar-refractivity contribution is 5.80. The van der Waals surface area contributed by atoms with Crippen LogP contribution in [0.4, 0.5) is 4.39 Å². The van der Waals surface area contributed by atoms with Gasteiger partial charge in [-0.3, -0.25) is 0 Å². The van der Waals surface area contributed by atoms with Crippen LogP contribution in [-0.4, -0.2) is 23.5 Å². The van der Waals surface area contributed by atoms with Gasteiger partial charge < -0.3 is 15.4 Å². The number of guanidine groups is 1.